The minimum absolute atomic E-state index is 0.0336. The van der Waals surface area contributed by atoms with E-state index in [0.29, 0.717) is 11.3 Å². The van der Waals surface area contributed by atoms with Gasteiger partial charge in [-0.05, 0) is 6.08 Å². The van der Waals surface area contributed by atoms with Crippen molar-refractivity contribution in [3.8, 4) is 0 Å². The van der Waals surface area contributed by atoms with Crippen LogP contribution in [-0.4, -0.2) is 42.3 Å². The number of hydrogen-bond acceptors (Lipinski definition) is 5. The van der Waals surface area contributed by atoms with Gasteiger partial charge in [-0.2, -0.15) is 0 Å². The maximum atomic E-state index is 11.9. The average Bonchev–Trinajstić information content (AvgIpc) is 2.89. The van der Waals surface area contributed by atoms with Crippen LogP contribution in [0.15, 0.2) is 22.9 Å². The number of carboxylic acids is 1. The van der Waals surface area contributed by atoms with Crippen molar-refractivity contribution in [2.45, 2.75) is 5.37 Å². The molecule has 3 rings (SSSR count). The standard InChI is InChI=1S/C10H8N4O3S/c1-13-3-5(11-12-13)2-6-8(15)14-7(10(16)17)4-18-9(6)14/h2-4,9H,1H3,(H,16,17)/b6-2-/t9-/m1/s1. The van der Waals surface area contributed by atoms with Crippen LogP contribution >= 0.6 is 11.8 Å². The van der Waals surface area contributed by atoms with E-state index < -0.39 is 5.97 Å². The van der Waals surface area contributed by atoms with Crippen molar-refractivity contribution in [1.82, 2.24) is 19.9 Å². The van der Waals surface area contributed by atoms with Gasteiger partial charge in [-0.1, -0.05) is 5.21 Å². The molecule has 7 nitrogen and oxygen atoms in total. The van der Waals surface area contributed by atoms with E-state index >= 15 is 0 Å². The lowest BCUT2D eigenvalue weighted by atomic mass is 10.0. The first-order chi connectivity index (χ1) is 8.58. The summed E-state index contributed by atoms with van der Waals surface area (Å²) in [5.41, 5.74) is 1.17. The van der Waals surface area contributed by atoms with Gasteiger partial charge in [0.1, 0.15) is 16.8 Å². The summed E-state index contributed by atoms with van der Waals surface area (Å²) in [6, 6.07) is 0. The molecule has 1 amide bonds. The third-order valence-corrected chi connectivity index (χ3v) is 3.76. The topological polar surface area (TPSA) is 88.3 Å². The van der Waals surface area contributed by atoms with Crippen molar-refractivity contribution in [1.29, 1.82) is 0 Å². The zero-order valence-electron chi connectivity index (χ0n) is 9.27. The molecule has 0 unspecified atom stereocenters. The first-order valence-corrected chi connectivity index (χ1v) is 6.02. The molecule has 0 spiro atoms. The summed E-state index contributed by atoms with van der Waals surface area (Å²) in [6.45, 7) is 0. The van der Waals surface area contributed by atoms with E-state index in [9.17, 15) is 9.59 Å². The van der Waals surface area contributed by atoms with Crippen molar-refractivity contribution in [2.75, 3.05) is 0 Å². The van der Waals surface area contributed by atoms with Crippen molar-refractivity contribution >= 4 is 29.7 Å². The number of rotatable bonds is 2. The highest BCUT2D eigenvalue weighted by molar-refractivity contribution is 8.03. The van der Waals surface area contributed by atoms with E-state index in [1.165, 1.54) is 26.8 Å². The molecule has 2 aliphatic rings. The second-order valence-electron chi connectivity index (χ2n) is 3.89. The van der Waals surface area contributed by atoms with E-state index in [2.05, 4.69) is 10.3 Å². The van der Waals surface area contributed by atoms with Gasteiger partial charge in [0, 0.05) is 12.5 Å². The van der Waals surface area contributed by atoms with Crippen molar-refractivity contribution in [3.63, 3.8) is 0 Å². The number of amides is 1. The largest absolute Gasteiger partial charge is 0.477 e. The molecule has 2 aliphatic heterocycles. The first-order valence-electron chi connectivity index (χ1n) is 5.08. The molecule has 3 heterocycles. The van der Waals surface area contributed by atoms with Crippen LogP contribution in [0.2, 0.25) is 0 Å². The molecule has 0 saturated carbocycles. The molecular weight excluding hydrogens is 256 g/mol. The van der Waals surface area contributed by atoms with Crippen molar-refractivity contribution in [2.24, 2.45) is 7.05 Å². The summed E-state index contributed by atoms with van der Waals surface area (Å²) in [7, 11) is 1.73. The fourth-order valence-corrected chi connectivity index (χ4v) is 2.98. The molecule has 1 aromatic rings. The van der Waals surface area contributed by atoms with Gasteiger partial charge in [0.25, 0.3) is 5.91 Å². The number of hydrogen-bond donors (Lipinski definition) is 1. The highest BCUT2D eigenvalue weighted by atomic mass is 32.2. The Morgan fingerprint density at radius 2 is 2.39 bits per heavy atom. The van der Waals surface area contributed by atoms with Crippen LogP contribution in [0.4, 0.5) is 0 Å². The number of aliphatic carboxylic acids is 1. The molecule has 1 aromatic heterocycles. The molecule has 1 atom stereocenters. The summed E-state index contributed by atoms with van der Waals surface area (Å²) in [4.78, 5) is 24.0. The smallest absolute Gasteiger partial charge is 0.353 e. The number of carbonyl (C=O) groups excluding carboxylic acids is 1. The molecule has 1 fully saturated rings. The maximum absolute atomic E-state index is 11.9. The molecule has 0 aliphatic carbocycles. The number of carboxylic acid groups (broad SMARTS) is 1. The quantitative estimate of drug-likeness (QED) is 0.599. The minimum atomic E-state index is -1.09. The molecule has 0 aromatic carbocycles. The monoisotopic (exact) mass is 264 g/mol. The van der Waals surface area contributed by atoms with Gasteiger partial charge in [-0.25, -0.2) is 4.79 Å². The van der Waals surface area contributed by atoms with Gasteiger partial charge < -0.3 is 5.11 Å². The second-order valence-corrected chi connectivity index (χ2v) is 4.84. The van der Waals surface area contributed by atoms with E-state index in [1.807, 2.05) is 0 Å². The molecule has 8 heteroatoms. The minimum Gasteiger partial charge on any atom is -0.477 e. The van der Waals surface area contributed by atoms with Crippen LogP contribution in [-0.2, 0) is 16.6 Å². The Labute approximate surface area is 106 Å². The van der Waals surface area contributed by atoms with E-state index in [0.717, 1.165) is 0 Å². The Kier molecular flexibility index (Phi) is 2.27. The Bertz CT molecular complexity index is 618. The summed E-state index contributed by atoms with van der Waals surface area (Å²) in [6.07, 6.45) is 3.33. The van der Waals surface area contributed by atoms with Crippen LogP contribution in [0.25, 0.3) is 6.08 Å². The van der Waals surface area contributed by atoms with Crippen LogP contribution in [0.1, 0.15) is 5.69 Å². The van der Waals surface area contributed by atoms with E-state index in [4.69, 9.17) is 5.11 Å². The summed E-state index contributed by atoms with van der Waals surface area (Å²) < 4.78 is 1.54. The SMILES string of the molecule is Cn1cc(/C=C2/C(=O)N3C(C(=O)O)=CS[C@H]23)nn1. The van der Waals surface area contributed by atoms with Crippen molar-refractivity contribution in [3.05, 3.63) is 28.6 Å². The molecule has 1 saturated heterocycles. The predicted octanol–water partition coefficient (Wildman–Crippen LogP) is 0.0396. The lowest BCUT2D eigenvalue weighted by Crippen LogP contribution is -2.51. The van der Waals surface area contributed by atoms with Gasteiger partial charge >= 0.3 is 5.97 Å². The number of fused-ring (bicyclic) bond motifs is 1. The number of thioether (sulfide) groups is 1. The number of carbonyl (C=O) groups is 2. The van der Waals surface area contributed by atoms with Crippen molar-refractivity contribution < 1.29 is 14.7 Å². The maximum Gasteiger partial charge on any atom is 0.353 e. The first kappa shape index (κ1) is 11.0. The third kappa shape index (κ3) is 1.46. The fraction of sp³-hybridized carbons (Fsp3) is 0.200. The molecule has 92 valence electrons. The van der Waals surface area contributed by atoms with Crippen LogP contribution < -0.4 is 0 Å². The summed E-state index contributed by atoms with van der Waals surface area (Å²) in [5, 5.41) is 17.8. The highest BCUT2D eigenvalue weighted by Crippen LogP contribution is 2.44. The Balaban J connectivity index is 1.86. The fourth-order valence-electron chi connectivity index (χ4n) is 1.86. The molecular formula is C10H8N4O3S. The predicted molar refractivity (Wildman–Crippen MR) is 62.9 cm³/mol. The normalized spacial score (nSPS) is 23.9. The summed E-state index contributed by atoms with van der Waals surface area (Å²) in [5.74, 6) is -1.37. The molecule has 0 bridgehead atoms. The number of aromatic nitrogens is 3. The van der Waals surface area contributed by atoms with Gasteiger partial charge in [0.05, 0.1) is 11.8 Å². The third-order valence-electron chi connectivity index (χ3n) is 2.68. The van der Waals surface area contributed by atoms with Gasteiger partial charge in [0.2, 0.25) is 0 Å². The Hall–Kier alpha value is -2.09. The van der Waals surface area contributed by atoms with E-state index in [-0.39, 0.29) is 17.0 Å². The lowest BCUT2D eigenvalue weighted by molar-refractivity contribution is -0.141. The van der Waals surface area contributed by atoms with E-state index in [1.54, 1.807) is 19.3 Å². The molecule has 0 radical (unpaired) electrons. The van der Waals surface area contributed by atoms with Crippen LogP contribution in [0, 0.1) is 0 Å². The Morgan fingerprint density at radius 1 is 1.61 bits per heavy atom. The summed E-state index contributed by atoms with van der Waals surface area (Å²) >= 11 is 1.31. The highest BCUT2D eigenvalue weighted by Gasteiger charge is 2.49. The molecule has 1 N–H and O–H groups in total. The van der Waals surface area contributed by atoms with Crippen LogP contribution in [0.5, 0.6) is 0 Å². The van der Waals surface area contributed by atoms with Gasteiger partial charge in [-0.3, -0.25) is 14.4 Å². The zero-order valence-corrected chi connectivity index (χ0v) is 10.1. The molecule has 18 heavy (non-hydrogen) atoms. The second kappa shape index (κ2) is 3.70. The number of aryl methyl sites for hydroxylation is 1. The zero-order chi connectivity index (χ0) is 12.9. The lowest BCUT2D eigenvalue weighted by Gasteiger charge is -2.36. The van der Waals surface area contributed by atoms with Crippen LogP contribution in [0.3, 0.4) is 0 Å². The number of nitrogens with zero attached hydrogens (tertiary/aromatic N) is 4. The van der Waals surface area contributed by atoms with Gasteiger partial charge in [-0.15, -0.1) is 16.9 Å². The van der Waals surface area contributed by atoms with Gasteiger partial charge in [0.15, 0.2) is 0 Å². The average molecular weight is 264 g/mol. The number of β-lactam (4-membered cyclic amide) rings is 1. The Morgan fingerprint density at radius 3 is 3.00 bits per heavy atom.